The molecule has 0 fully saturated rings. The molecule has 0 atom stereocenters. The van der Waals surface area contributed by atoms with Crippen molar-refractivity contribution in [2.75, 3.05) is 13.1 Å². The lowest BCUT2D eigenvalue weighted by Gasteiger charge is -2.19. The minimum Gasteiger partial charge on any atom is -0.339 e. The molecule has 0 radical (unpaired) electrons. The van der Waals surface area contributed by atoms with Crippen molar-refractivity contribution in [3.05, 3.63) is 34.9 Å². The molecular formula is C11H11F4NO. The highest BCUT2D eigenvalue weighted by molar-refractivity contribution is 5.94. The van der Waals surface area contributed by atoms with Gasteiger partial charge in [0.05, 0.1) is 5.56 Å². The van der Waals surface area contributed by atoms with E-state index in [1.807, 2.05) is 0 Å². The minimum absolute atomic E-state index is 0.259. The Hall–Kier alpha value is -1.59. The van der Waals surface area contributed by atoms with Gasteiger partial charge in [-0.25, -0.2) is 17.6 Å². The van der Waals surface area contributed by atoms with E-state index in [0.29, 0.717) is 6.07 Å². The first-order chi connectivity index (χ1) is 7.93. The first kappa shape index (κ1) is 13.5. The van der Waals surface area contributed by atoms with Gasteiger partial charge in [0.1, 0.15) is 0 Å². The van der Waals surface area contributed by atoms with Crippen LogP contribution in [0.15, 0.2) is 6.07 Å². The third kappa shape index (κ3) is 2.40. The van der Waals surface area contributed by atoms with E-state index in [9.17, 15) is 22.4 Å². The van der Waals surface area contributed by atoms with Crippen molar-refractivity contribution >= 4 is 5.91 Å². The van der Waals surface area contributed by atoms with Crippen molar-refractivity contribution in [3.63, 3.8) is 0 Å². The van der Waals surface area contributed by atoms with Gasteiger partial charge in [0.25, 0.3) is 5.91 Å². The fourth-order valence-electron chi connectivity index (χ4n) is 1.41. The summed E-state index contributed by atoms with van der Waals surface area (Å²) in [6, 6.07) is 0.369. The van der Waals surface area contributed by atoms with E-state index in [0.717, 1.165) is 0 Å². The average Bonchev–Trinajstić information content (AvgIpc) is 2.32. The van der Waals surface area contributed by atoms with Crippen LogP contribution in [0.25, 0.3) is 0 Å². The number of halogens is 4. The number of carbonyl (C=O) groups is 1. The lowest BCUT2D eigenvalue weighted by molar-refractivity contribution is 0.0766. The number of benzene rings is 1. The van der Waals surface area contributed by atoms with Crippen LogP contribution in [0.4, 0.5) is 17.6 Å². The van der Waals surface area contributed by atoms with Crippen LogP contribution in [0.2, 0.25) is 0 Å². The summed E-state index contributed by atoms with van der Waals surface area (Å²) < 4.78 is 51.8. The van der Waals surface area contributed by atoms with E-state index in [1.165, 1.54) is 4.90 Å². The van der Waals surface area contributed by atoms with Gasteiger partial charge in [0, 0.05) is 13.1 Å². The van der Waals surface area contributed by atoms with Crippen molar-refractivity contribution in [2.24, 2.45) is 0 Å². The molecule has 0 aliphatic rings. The largest absolute Gasteiger partial charge is 0.339 e. The second-order valence-corrected chi connectivity index (χ2v) is 3.33. The van der Waals surface area contributed by atoms with Gasteiger partial charge >= 0.3 is 0 Å². The molecule has 0 aliphatic heterocycles. The van der Waals surface area contributed by atoms with E-state index < -0.39 is 34.7 Å². The standard InChI is InChI=1S/C11H11F4NO/c1-3-16(4-2)11(17)6-5-7(12)9(14)10(15)8(6)13/h5H,3-4H2,1-2H3. The van der Waals surface area contributed by atoms with Gasteiger partial charge in [-0.2, -0.15) is 0 Å². The molecule has 2 nitrogen and oxygen atoms in total. The maximum atomic E-state index is 13.3. The molecule has 0 bridgehead atoms. The lowest BCUT2D eigenvalue weighted by atomic mass is 10.1. The molecule has 0 aliphatic carbocycles. The molecule has 0 unspecified atom stereocenters. The number of amides is 1. The van der Waals surface area contributed by atoms with Crippen molar-refractivity contribution < 1.29 is 22.4 Å². The zero-order valence-electron chi connectivity index (χ0n) is 9.36. The Morgan fingerprint density at radius 1 is 1.06 bits per heavy atom. The van der Waals surface area contributed by atoms with E-state index in [1.54, 1.807) is 13.8 Å². The number of nitrogens with zero attached hydrogens (tertiary/aromatic N) is 1. The summed E-state index contributed by atoms with van der Waals surface area (Å²) in [7, 11) is 0. The first-order valence-corrected chi connectivity index (χ1v) is 5.06. The molecule has 0 heterocycles. The van der Waals surface area contributed by atoms with Crippen molar-refractivity contribution in [2.45, 2.75) is 13.8 Å². The maximum Gasteiger partial charge on any atom is 0.257 e. The molecule has 1 amide bonds. The number of rotatable bonds is 3. The summed E-state index contributed by atoms with van der Waals surface area (Å²) >= 11 is 0. The summed E-state index contributed by atoms with van der Waals surface area (Å²) in [6.45, 7) is 3.79. The topological polar surface area (TPSA) is 20.3 Å². The van der Waals surface area contributed by atoms with Gasteiger partial charge in [-0.15, -0.1) is 0 Å². The molecule has 0 saturated carbocycles. The zero-order valence-corrected chi connectivity index (χ0v) is 9.36. The predicted octanol–water partition coefficient (Wildman–Crippen LogP) is 2.73. The molecule has 94 valence electrons. The second-order valence-electron chi connectivity index (χ2n) is 3.33. The Bertz CT molecular complexity index is 444. The molecule has 17 heavy (non-hydrogen) atoms. The zero-order chi connectivity index (χ0) is 13.2. The molecule has 0 saturated heterocycles. The van der Waals surface area contributed by atoms with E-state index >= 15 is 0 Å². The van der Waals surface area contributed by atoms with Crippen molar-refractivity contribution in [1.29, 1.82) is 0 Å². The molecule has 0 aromatic heterocycles. The second kappa shape index (κ2) is 5.16. The summed E-state index contributed by atoms with van der Waals surface area (Å²) in [4.78, 5) is 12.8. The minimum atomic E-state index is -1.97. The Morgan fingerprint density at radius 2 is 1.59 bits per heavy atom. The highest BCUT2D eigenvalue weighted by Crippen LogP contribution is 2.20. The fourth-order valence-corrected chi connectivity index (χ4v) is 1.41. The smallest absolute Gasteiger partial charge is 0.257 e. The summed E-state index contributed by atoms with van der Waals surface area (Å²) in [5.74, 6) is -8.01. The van der Waals surface area contributed by atoms with Crippen LogP contribution in [0, 0.1) is 23.3 Å². The van der Waals surface area contributed by atoms with Crippen LogP contribution < -0.4 is 0 Å². The van der Waals surface area contributed by atoms with Gasteiger partial charge < -0.3 is 4.90 Å². The maximum absolute atomic E-state index is 13.3. The van der Waals surface area contributed by atoms with Crippen LogP contribution in [0.1, 0.15) is 24.2 Å². The molecule has 1 aromatic carbocycles. The number of hydrogen-bond acceptors (Lipinski definition) is 1. The fraction of sp³-hybridized carbons (Fsp3) is 0.364. The SMILES string of the molecule is CCN(CC)C(=O)c1cc(F)c(F)c(F)c1F. The van der Waals surface area contributed by atoms with Crippen LogP contribution >= 0.6 is 0 Å². The summed E-state index contributed by atoms with van der Waals surface area (Å²) in [6.07, 6.45) is 0. The molecule has 0 spiro atoms. The molecule has 6 heteroatoms. The third-order valence-electron chi connectivity index (χ3n) is 2.38. The van der Waals surface area contributed by atoms with Gasteiger partial charge in [-0.3, -0.25) is 4.79 Å². The highest BCUT2D eigenvalue weighted by Gasteiger charge is 2.25. The number of carbonyl (C=O) groups excluding carboxylic acids is 1. The summed E-state index contributed by atoms with van der Waals surface area (Å²) in [5.41, 5.74) is -0.801. The Balaban J connectivity index is 3.28. The third-order valence-corrected chi connectivity index (χ3v) is 2.38. The van der Waals surface area contributed by atoms with Gasteiger partial charge in [0.2, 0.25) is 0 Å². The number of hydrogen-bond donors (Lipinski definition) is 0. The van der Waals surface area contributed by atoms with Gasteiger partial charge in [0.15, 0.2) is 23.3 Å². The normalized spacial score (nSPS) is 10.5. The van der Waals surface area contributed by atoms with Gasteiger partial charge in [-0.05, 0) is 19.9 Å². The van der Waals surface area contributed by atoms with Crippen LogP contribution in [-0.4, -0.2) is 23.9 Å². The van der Waals surface area contributed by atoms with Gasteiger partial charge in [-0.1, -0.05) is 0 Å². The first-order valence-electron chi connectivity index (χ1n) is 5.06. The van der Waals surface area contributed by atoms with Crippen molar-refractivity contribution in [1.82, 2.24) is 4.90 Å². The van der Waals surface area contributed by atoms with Crippen LogP contribution in [0.5, 0.6) is 0 Å². The summed E-state index contributed by atoms with van der Waals surface area (Å²) in [5, 5.41) is 0. The van der Waals surface area contributed by atoms with E-state index in [-0.39, 0.29) is 13.1 Å². The van der Waals surface area contributed by atoms with E-state index in [2.05, 4.69) is 0 Å². The Labute approximate surface area is 95.8 Å². The highest BCUT2D eigenvalue weighted by atomic mass is 19.2. The van der Waals surface area contributed by atoms with E-state index in [4.69, 9.17) is 0 Å². The Morgan fingerprint density at radius 3 is 2.06 bits per heavy atom. The molecular weight excluding hydrogens is 238 g/mol. The predicted molar refractivity (Wildman–Crippen MR) is 53.5 cm³/mol. The molecule has 1 aromatic rings. The Kier molecular flexibility index (Phi) is 4.09. The lowest BCUT2D eigenvalue weighted by Crippen LogP contribution is -2.31. The molecule has 0 N–H and O–H groups in total. The quantitative estimate of drug-likeness (QED) is 0.458. The average molecular weight is 249 g/mol. The molecule has 1 rings (SSSR count). The van der Waals surface area contributed by atoms with Crippen LogP contribution in [0.3, 0.4) is 0 Å². The monoisotopic (exact) mass is 249 g/mol. The van der Waals surface area contributed by atoms with Crippen LogP contribution in [-0.2, 0) is 0 Å². The van der Waals surface area contributed by atoms with Crippen molar-refractivity contribution in [3.8, 4) is 0 Å².